The Morgan fingerprint density at radius 3 is 2.67 bits per heavy atom. The van der Waals surface area contributed by atoms with Gasteiger partial charge in [0.25, 0.3) is 5.91 Å². The Kier molecular flexibility index (Phi) is 3.68. The highest BCUT2D eigenvalue weighted by Crippen LogP contribution is 2.23. The number of tetrazole rings is 1. The molecule has 21 heavy (non-hydrogen) atoms. The molecule has 0 spiro atoms. The van der Waals surface area contributed by atoms with Gasteiger partial charge in [-0.1, -0.05) is 19.9 Å². The molecule has 2 heterocycles. The van der Waals surface area contributed by atoms with E-state index in [4.69, 9.17) is 0 Å². The molecular formula is C15H19N5O. The van der Waals surface area contributed by atoms with E-state index in [-0.39, 0.29) is 5.91 Å². The lowest BCUT2D eigenvalue weighted by Gasteiger charge is -2.35. The zero-order chi connectivity index (χ0) is 14.8. The minimum Gasteiger partial charge on any atom is -0.338 e. The first-order valence-electron chi connectivity index (χ1n) is 7.26. The number of amides is 1. The van der Waals surface area contributed by atoms with Gasteiger partial charge in [0.2, 0.25) is 0 Å². The fourth-order valence-electron chi connectivity index (χ4n) is 3.07. The maximum Gasteiger partial charge on any atom is 0.253 e. The lowest BCUT2D eigenvalue weighted by atomic mass is 9.91. The van der Waals surface area contributed by atoms with Gasteiger partial charge in [-0.2, -0.15) is 0 Å². The molecular weight excluding hydrogens is 266 g/mol. The Balaban J connectivity index is 1.83. The van der Waals surface area contributed by atoms with Gasteiger partial charge in [-0.3, -0.25) is 4.79 Å². The molecule has 0 N–H and O–H groups in total. The van der Waals surface area contributed by atoms with Crippen molar-refractivity contribution in [3.8, 4) is 5.69 Å². The number of benzene rings is 1. The van der Waals surface area contributed by atoms with Crippen LogP contribution < -0.4 is 0 Å². The Labute approximate surface area is 123 Å². The fourth-order valence-corrected chi connectivity index (χ4v) is 3.07. The molecule has 1 fully saturated rings. The van der Waals surface area contributed by atoms with Gasteiger partial charge in [0, 0.05) is 18.7 Å². The first-order valence-corrected chi connectivity index (χ1v) is 7.26. The Hall–Kier alpha value is -2.24. The second-order valence-corrected chi connectivity index (χ2v) is 5.96. The monoisotopic (exact) mass is 285 g/mol. The van der Waals surface area contributed by atoms with Crippen molar-refractivity contribution < 1.29 is 4.79 Å². The third-order valence-electron chi connectivity index (χ3n) is 3.86. The predicted octanol–water partition coefficient (Wildman–Crippen LogP) is 1.78. The number of hydrogen-bond acceptors (Lipinski definition) is 4. The molecule has 1 aliphatic heterocycles. The third-order valence-corrected chi connectivity index (χ3v) is 3.86. The average molecular weight is 285 g/mol. The van der Waals surface area contributed by atoms with Crippen molar-refractivity contribution in [3.63, 3.8) is 0 Å². The predicted molar refractivity (Wildman–Crippen MR) is 78.0 cm³/mol. The minimum absolute atomic E-state index is 0.0864. The summed E-state index contributed by atoms with van der Waals surface area (Å²) in [6, 6.07) is 7.43. The van der Waals surface area contributed by atoms with E-state index < -0.39 is 0 Å². The van der Waals surface area contributed by atoms with Crippen LogP contribution in [0.15, 0.2) is 30.6 Å². The van der Waals surface area contributed by atoms with Crippen molar-refractivity contribution in [2.75, 3.05) is 13.1 Å². The number of hydrogen-bond donors (Lipinski definition) is 0. The number of aromatic nitrogens is 4. The molecule has 0 bridgehead atoms. The lowest BCUT2D eigenvalue weighted by molar-refractivity contribution is 0.0623. The summed E-state index contributed by atoms with van der Waals surface area (Å²) in [5, 5.41) is 11.1. The summed E-state index contributed by atoms with van der Waals surface area (Å²) < 4.78 is 1.55. The molecule has 0 radical (unpaired) electrons. The third kappa shape index (κ3) is 2.94. The molecule has 1 saturated heterocycles. The van der Waals surface area contributed by atoms with Gasteiger partial charge in [0.05, 0.1) is 5.69 Å². The molecule has 6 heteroatoms. The van der Waals surface area contributed by atoms with E-state index >= 15 is 0 Å². The summed E-state index contributed by atoms with van der Waals surface area (Å²) in [4.78, 5) is 14.6. The lowest BCUT2D eigenvalue weighted by Crippen LogP contribution is -2.42. The number of rotatable bonds is 2. The topological polar surface area (TPSA) is 63.9 Å². The normalized spacial score (nSPS) is 22.3. The molecule has 0 saturated carbocycles. The molecule has 1 amide bonds. The van der Waals surface area contributed by atoms with E-state index in [1.807, 2.05) is 29.2 Å². The first kappa shape index (κ1) is 13.7. The van der Waals surface area contributed by atoms with E-state index in [1.54, 1.807) is 4.68 Å². The summed E-state index contributed by atoms with van der Waals surface area (Å²) in [7, 11) is 0. The average Bonchev–Trinajstić information content (AvgIpc) is 3.00. The van der Waals surface area contributed by atoms with Crippen LogP contribution in [0.3, 0.4) is 0 Å². The molecule has 110 valence electrons. The van der Waals surface area contributed by atoms with Crippen LogP contribution in [0.5, 0.6) is 0 Å². The second kappa shape index (κ2) is 5.63. The maximum atomic E-state index is 12.7. The van der Waals surface area contributed by atoms with E-state index in [0.29, 0.717) is 17.4 Å². The standard InChI is InChI=1S/C15H19N5O/c1-11-6-12(2)9-19(8-11)15(21)13-4-3-5-14(7-13)20-10-16-17-18-20/h3-5,7,10-12H,6,8-9H2,1-2H3/t11-,12-/m1/s1. The largest absolute Gasteiger partial charge is 0.338 e. The summed E-state index contributed by atoms with van der Waals surface area (Å²) in [6.45, 7) is 6.07. The van der Waals surface area contributed by atoms with E-state index in [1.165, 1.54) is 12.7 Å². The summed E-state index contributed by atoms with van der Waals surface area (Å²) in [5.74, 6) is 1.20. The number of nitrogens with zero attached hydrogens (tertiary/aromatic N) is 5. The highest BCUT2D eigenvalue weighted by Gasteiger charge is 2.26. The Morgan fingerprint density at radius 2 is 2.00 bits per heavy atom. The zero-order valence-electron chi connectivity index (χ0n) is 12.3. The highest BCUT2D eigenvalue weighted by atomic mass is 16.2. The number of piperidine rings is 1. The molecule has 1 aromatic carbocycles. The Bertz CT molecular complexity index is 615. The molecule has 3 rings (SSSR count). The van der Waals surface area contributed by atoms with Gasteiger partial charge >= 0.3 is 0 Å². The highest BCUT2D eigenvalue weighted by molar-refractivity contribution is 5.94. The van der Waals surface area contributed by atoms with Crippen LogP contribution in [0, 0.1) is 11.8 Å². The van der Waals surface area contributed by atoms with Crippen LogP contribution in [0.25, 0.3) is 5.69 Å². The van der Waals surface area contributed by atoms with Crippen LogP contribution >= 0.6 is 0 Å². The van der Waals surface area contributed by atoms with Crippen molar-refractivity contribution in [3.05, 3.63) is 36.2 Å². The van der Waals surface area contributed by atoms with Gasteiger partial charge in [-0.25, -0.2) is 4.68 Å². The Morgan fingerprint density at radius 1 is 1.24 bits per heavy atom. The molecule has 0 unspecified atom stereocenters. The van der Waals surface area contributed by atoms with Crippen molar-refractivity contribution in [1.29, 1.82) is 0 Å². The molecule has 2 atom stereocenters. The summed E-state index contributed by atoms with van der Waals surface area (Å²) >= 11 is 0. The van der Waals surface area contributed by atoms with Crippen LogP contribution in [0.4, 0.5) is 0 Å². The van der Waals surface area contributed by atoms with Crippen LogP contribution in [-0.4, -0.2) is 44.1 Å². The number of carbonyl (C=O) groups excluding carboxylic acids is 1. The van der Waals surface area contributed by atoms with Crippen molar-refractivity contribution in [2.24, 2.45) is 11.8 Å². The van der Waals surface area contributed by atoms with Crippen LogP contribution in [-0.2, 0) is 0 Å². The quantitative estimate of drug-likeness (QED) is 0.843. The maximum absolute atomic E-state index is 12.7. The number of carbonyl (C=O) groups is 1. The molecule has 1 aromatic heterocycles. The zero-order valence-corrected chi connectivity index (χ0v) is 12.3. The fraction of sp³-hybridized carbons (Fsp3) is 0.467. The van der Waals surface area contributed by atoms with Crippen molar-refractivity contribution in [2.45, 2.75) is 20.3 Å². The second-order valence-electron chi connectivity index (χ2n) is 5.96. The molecule has 6 nitrogen and oxygen atoms in total. The van der Waals surface area contributed by atoms with Crippen molar-refractivity contribution >= 4 is 5.91 Å². The smallest absolute Gasteiger partial charge is 0.253 e. The van der Waals surface area contributed by atoms with E-state index in [9.17, 15) is 4.79 Å². The minimum atomic E-state index is 0.0864. The van der Waals surface area contributed by atoms with Gasteiger partial charge in [-0.15, -0.1) is 5.10 Å². The first-order chi connectivity index (χ1) is 10.1. The van der Waals surface area contributed by atoms with Crippen LogP contribution in [0.2, 0.25) is 0 Å². The van der Waals surface area contributed by atoms with E-state index in [2.05, 4.69) is 29.4 Å². The molecule has 1 aliphatic rings. The number of likely N-dealkylation sites (tertiary alicyclic amines) is 1. The van der Waals surface area contributed by atoms with Crippen LogP contribution in [0.1, 0.15) is 30.6 Å². The van der Waals surface area contributed by atoms with Gasteiger partial charge in [-0.05, 0) is 46.9 Å². The molecule has 2 aromatic rings. The van der Waals surface area contributed by atoms with Gasteiger partial charge < -0.3 is 4.90 Å². The van der Waals surface area contributed by atoms with Gasteiger partial charge in [0.15, 0.2) is 0 Å². The van der Waals surface area contributed by atoms with E-state index in [0.717, 1.165) is 18.8 Å². The summed E-state index contributed by atoms with van der Waals surface area (Å²) in [5.41, 5.74) is 1.48. The summed E-state index contributed by atoms with van der Waals surface area (Å²) in [6.07, 6.45) is 2.71. The van der Waals surface area contributed by atoms with Crippen molar-refractivity contribution in [1.82, 2.24) is 25.1 Å². The SMILES string of the molecule is C[C@@H]1C[C@@H](C)CN(C(=O)c2cccc(-n3cnnn3)c2)C1. The van der Waals surface area contributed by atoms with Gasteiger partial charge in [0.1, 0.15) is 6.33 Å². The molecule has 0 aliphatic carbocycles.